The Hall–Kier alpha value is -1.52. The summed E-state index contributed by atoms with van der Waals surface area (Å²) >= 11 is 5.99. The number of rotatable bonds is 3. The van der Waals surface area contributed by atoms with Crippen LogP contribution in [0.5, 0.6) is 0 Å². The zero-order valence-corrected chi connectivity index (χ0v) is 12.4. The average Bonchev–Trinajstić information content (AvgIpc) is 2.43. The quantitative estimate of drug-likeness (QED) is 0.843. The molecule has 0 amide bonds. The van der Waals surface area contributed by atoms with E-state index in [-0.39, 0.29) is 5.56 Å². The molecule has 5 heteroatoms. The summed E-state index contributed by atoms with van der Waals surface area (Å²) in [6.45, 7) is 1.85. The Morgan fingerprint density at radius 3 is 2.33 bits per heavy atom. The Bertz CT molecular complexity index is 638. The molecule has 0 saturated carbocycles. The summed E-state index contributed by atoms with van der Waals surface area (Å²) in [7, 11) is 1.64. The number of alkyl halides is 3. The summed E-state index contributed by atoms with van der Waals surface area (Å²) in [6, 6.07) is 10.2. The first-order valence-electron chi connectivity index (χ1n) is 6.44. The lowest BCUT2D eigenvalue weighted by Crippen LogP contribution is -2.22. The van der Waals surface area contributed by atoms with Crippen LogP contribution < -0.4 is 5.32 Å². The molecule has 0 heterocycles. The number of benzene rings is 2. The van der Waals surface area contributed by atoms with E-state index in [1.54, 1.807) is 31.3 Å². The van der Waals surface area contributed by atoms with Crippen LogP contribution in [0.4, 0.5) is 13.2 Å². The summed E-state index contributed by atoms with van der Waals surface area (Å²) in [5, 5.41) is 3.46. The van der Waals surface area contributed by atoms with Crippen molar-refractivity contribution in [2.45, 2.75) is 19.1 Å². The third-order valence-corrected chi connectivity index (χ3v) is 3.65. The highest BCUT2D eigenvalue weighted by Crippen LogP contribution is 2.37. The largest absolute Gasteiger partial charge is 0.416 e. The molecule has 112 valence electrons. The van der Waals surface area contributed by atoms with E-state index >= 15 is 0 Å². The van der Waals surface area contributed by atoms with Gasteiger partial charge < -0.3 is 5.32 Å². The van der Waals surface area contributed by atoms with Crippen molar-refractivity contribution in [3.8, 4) is 0 Å². The van der Waals surface area contributed by atoms with Crippen LogP contribution in [0.3, 0.4) is 0 Å². The summed E-state index contributed by atoms with van der Waals surface area (Å²) in [5.74, 6) is 0. The minimum Gasteiger partial charge on any atom is -0.309 e. The van der Waals surface area contributed by atoms with Crippen LogP contribution in [-0.2, 0) is 6.18 Å². The molecule has 0 saturated heterocycles. The Labute approximate surface area is 126 Å². The fourth-order valence-corrected chi connectivity index (χ4v) is 2.59. The van der Waals surface area contributed by atoms with E-state index in [4.69, 9.17) is 11.6 Å². The van der Waals surface area contributed by atoms with Crippen molar-refractivity contribution in [2.75, 3.05) is 7.05 Å². The van der Waals surface area contributed by atoms with Crippen molar-refractivity contribution in [1.82, 2.24) is 5.32 Å². The van der Waals surface area contributed by atoms with Gasteiger partial charge in [-0.3, -0.25) is 0 Å². The predicted octanol–water partition coefficient (Wildman–Crippen LogP) is 4.98. The summed E-state index contributed by atoms with van der Waals surface area (Å²) in [4.78, 5) is 0. The minimum atomic E-state index is -4.39. The highest BCUT2D eigenvalue weighted by atomic mass is 35.5. The van der Waals surface area contributed by atoms with Crippen molar-refractivity contribution in [2.24, 2.45) is 0 Å². The molecule has 0 aliphatic heterocycles. The highest BCUT2D eigenvalue weighted by molar-refractivity contribution is 6.30. The van der Waals surface area contributed by atoms with Crippen LogP contribution in [0, 0.1) is 6.92 Å². The first kappa shape index (κ1) is 15.9. The molecule has 0 aromatic heterocycles. The Morgan fingerprint density at radius 2 is 1.71 bits per heavy atom. The first-order chi connectivity index (χ1) is 9.84. The molecule has 0 radical (unpaired) electrons. The topological polar surface area (TPSA) is 12.0 Å². The summed E-state index contributed by atoms with van der Waals surface area (Å²) < 4.78 is 39.6. The summed E-state index contributed by atoms with van der Waals surface area (Å²) in [6.07, 6.45) is -4.39. The van der Waals surface area contributed by atoms with Crippen molar-refractivity contribution in [1.29, 1.82) is 0 Å². The monoisotopic (exact) mass is 313 g/mol. The molecule has 1 nitrogen and oxygen atoms in total. The SMILES string of the molecule is CNC(c1cc(Cl)ccc1C)c1ccccc1C(F)(F)F. The second-order valence-corrected chi connectivity index (χ2v) is 5.24. The van der Waals surface area contributed by atoms with E-state index in [0.29, 0.717) is 5.02 Å². The van der Waals surface area contributed by atoms with Crippen molar-refractivity contribution < 1.29 is 13.2 Å². The number of halogens is 4. The van der Waals surface area contributed by atoms with E-state index < -0.39 is 17.8 Å². The lowest BCUT2D eigenvalue weighted by molar-refractivity contribution is -0.138. The van der Waals surface area contributed by atoms with Gasteiger partial charge in [-0.25, -0.2) is 0 Å². The molecule has 0 fully saturated rings. The van der Waals surface area contributed by atoms with Gasteiger partial charge in [-0.05, 0) is 48.9 Å². The number of hydrogen-bond acceptors (Lipinski definition) is 1. The van der Waals surface area contributed by atoms with Crippen LogP contribution in [0.2, 0.25) is 5.02 Å². The third-order valence-electron chi connectivity index (χ3n) is 3.42. The van der Waals surface area contributed by atoms with Gasteiger partial charge in [-0.15, -0.1) is 0 Å². The average molecular weight is 314 g/mol. The lowest BCUT2D eigenvalue weighted by Gasteiger charge is -2.23. The van der Waals surface area contributed by atoms with Crippen molar-refractivity contribution in [3.05, 3.63) is 69.7 Å². The lowest BCUT2D eigenvalue weighted by atomic mass is 9.91. The zero-order chi connectivity index (χ0) is 15.6. The molecule has 0 bridgehead atoms. The van der Waals surface area contributed by atoms with Gasteiger partial charge in [0, 0.05) is 5.02 Å². The summed E-state index contributed by atoms with van der Waals surface area (Å²) in [5.41, 5.74) is 1.18. The van der Waals surface area contributed by atoms with Gasteiger partial charge >= 0.3 is 6.18 Å². The number of hydrogen-bond donors (Lipinski definition) is 1. The molecule has 0 spiro atoms. The molecular formula is C16H15ClF3N. The number of nitrogens with one attached hydrogen (secondary N) is 1. The normalized spacial score (nSPS) is 13.2. The van der Waals surface area contributed by atoms with Crippen LogP contribution in [0.25, 0.3) is 0 Å². The molecule has 2 rings (SSSR count). The van der Waals surface area contributed by atoms with Gasteiger partial charge in [0.25, 0.3) is 0 Å². The van der Waals surface area contributed by atoms with Crippen LogP contribution in [0.15, 0.2) is 42.5 Å². The van der Waals surface area contributed by atoms with Crippen molar-refractivity contribution >= 4 is 11.6 Å². The maximum atomic E-state index is 13.2. The van der Waals surface area contributed by atoms with E-state index in [2.05, 4.69) is 5.32 Å². The fourth-order valence-electron chi connectivity index (χ4n) is 2.41. The van der Waals surface area contributed by atoms with Crippen LogP contribution in [-0.4, -0.2) is 7.05 Å². The molecule has 1 unspecified atom stereocenters. The molecule has 1 atom stereocenters. The Balaban J connectivity index is 2.60. The third kappa shape index (κ3) is 3.39. The van der Waals surface area contributed by atoms with E-state index in [1.807, 2.05) is 6.92 Å². The Morgan fingerprint density at radius 1 is 1.05 bits per heavy atom. The first-order valence-corrected chi connectivity index (χ1v) is 6.82. The molecule has 2 aromatic rings. The van der Waals surface area contributed by atoms with Gasteiger partial charge in [-0.2, -0.15) is 13.2 Å². The standard InChI is InChI=1S/C16H15ClF3N/c1-10-7-8-11(17)9-13(10)15(21-2)12-5-3-4-6-14(12)16(18,19)20/h3-9,15,21H,1-2H3. The smallest absolute Gasteiger partial charge is 0.309 e. The van der Waals surface area contributed by atoms with Gasteiger partial charge in [0.2, 0.25) is 0 Å². The highest BCUT2D eigenvalue weighted by Gasteiger charge is 2.35. The van der Waals surface area contributed by atoms with E-state index in [9.17, 15) is 13.2 Å². The van der Waals surface area contributed by atoms with Gasteiger partial charge in [-0.1, -0.05) is 35.9 Å². The van der Waals surface area contributed by atoms with Gasteiger partial charge in [0.05, 0.1) is 11.6 Å². The Kier molecular flexibility index (Phi) is 4.59. The second kappa shape index (κ2) is 6.08. The van der Waals surface area contributed by atoms with Crippen LogP contribution >= 0.6 is 11.6 Å². The van der Waals surface area contributed by atoms with E-state index in [1.165, 1.54) is 12.1 Å². The number of aryl methyl sites for hydroxylation is 1. The molecule has 2 aromatic carbocycles. The van der Waals surface area contributed by atoms with Gasteiger partial charge in [0.1, 0.15) is 0 Å². The van der Waals surface area contributed by atoms with Crippen LogP contribution in [0.1, 0.15) is 28.3 Å². The molecule has 21 heavy (non-hydrogen) atoms. The molecule has 1 N–H and O–H groups in total. The molecule has 0 aliphatic carbocycles. The zero-order valence-electron chi connectivity index (χ0n) is 11.6. The van der Waals surface area contributed by atoms with Gasteiger partial charge in [0.15, 0.2) is 0 Å². The maximum absolute atomic E-state index is 13.2. The predicted molar refractivity (Wildman–Crippen MR) is 78.5 cm³/mol. The molecule has 0 aliphatic rings. The second-order valence-electron chi connectivity index (χ2n) is 4.81. The minimum absolute atomic E-state index is 0.192. The molecular weight excluding hydrogens is 299 g/mol. The fraction of sp³-hybridized carbons (Fsp3) is 0.250. The maximum Gasteiger partial charge on any atom is 0.416 e. The van der Waals surface area contributed by atoms with Crippen molar-refractivity contribution in [3.63, 3.8) is 0 Å². The van der Waals surface area contributed by atoms with E-state index in [0.717, 1.165) is 17.2 Å².